The molecule has 15 atom stereocenters. The molecule has 50 heavy (non-hydrogen) atoms. The lowest BCUT2D eigenvalue weighted by Crippen LogP contribution is -2.66. The summed E-state index contributed by atoms with van der Waals surface area (Å²) in [7, 11) is 0. The number of hydrogen-bond acceptors (Lipinski definition) is 17. The third kappa shape index (κ3) is 7.87. The Morgan fingerprint density at radius 2 is 1.04 bits per heavy atom. The van der Waals surface area contributed by atoms with Crippen molar-refractivity contribution >= 4 is 5.91 Å². The van der Waals surface area contributed by atoms with Gasteiger partial charge in [0.2, 0.25) is 5.91 Å². The lowest BCUT2D eigenvalue weighted by molar-refractivity contribution is -0.379. The van der Waals surface area contributed by atoms with Gasteiger partial charge in [0.05, 0.1) is 26.4 Å². The fourth-order valence-electron chi connectivity index (χ4n) is 9.20. The number of hydrogen-bond donors (Lipinski definition) is 11. The molecule has 288 valence electrons. The van der Waals surface area contributed by atoms with Crippen molar-refractivity contribution in [3.63, 3.8) is 0 Å². The van der Waals surface area contributed by atoms with Crippen LogP contribution >= 0.6 is 0 Å². The van der Waals surface area contributed by atoms with Gasteiger partial charge in [-0.3, -0.25) is 4.79 Å². The first kappa shape index (κ1) is 38.6. The molecule has 4 saturated carbocycles. The summed E-state index contributed by atoms with van der Waals surface area (Å²) in [6, 6.07) is 0. The van der Waals surface area contributed by atoms with E-state index >= 15 is 0 Å². The molecule has 4 aliphatic carbocycles. The Morgan fingerprint density at radius 3 is 1.56 bits per heavy atom. The SMILES string of the molecule is O=C(CC1C2CC3CC(C2)CC1C3)NCCO[C@@H]1O[C@H](CO)[C@@H](O[C@@H]2O[C@H](CO)[C@H](O[C@H]3O[C@H](CO)[C@H](O)[C@H](O)[C@H]3O)[C@H](O)[C@H]2O)[C@H](O)[C@H]1O. The highest BCUT2D eigenvalue weighted by Crippen LogP contribution is 2.57. The molecule has 11 N–H and O–H groups in total. The Hall–Kier alpha value is -1.17. The summed E-state index contributed by atoms with van der Waals surface area (Å²) >= 11 is 0. The molecule has 1 amide bonds. The van der Waals surface area contributed by atoms with E-state index in [1.165, 1.54) is 32.1 Å². The molecule has 7 aliphatic rings. The van der Waals surface area contributed by atoms with Crippen molar-refractivity contribution in [3.05, 3.63) is 0 Å². The average molecular weight is 724 g/mol. The Kier molecular flexibility index (Phi) is 12.7. The summed E-state index contributed by atoms with van der Waals surface area (Å²) in [5, 5.41) is 106. The van der Waals surface area contributed by atoms with E-state index in [0.717, 1.165) is 11.8 Å². The fraction of sp³-hybridized carbons (Fsp3) is 0.969. The van der Waals surface area contributed by atoms with Gasteiger partial charge >= 0.3 is 0 Å². The molecular weight excluding hydrogens is 670 g/mol. The van der Waals surface area contributed by atoms with Gasteiger partial charge in [0.1, 0.15) is 73.2 Å². The van der Waals surface area contributed by atoms with Crippen LogP contribution in [0.5, 0.6) is 0 Å². The summed E-state index contributed by atoms with van der Waals surface area (Å²) in [5.41, 5.74) is 0. The number of aliphatic hydroxyl groups excluding tert-OH is 10. The van der Waals surface area contributed by atoms with E-state index in [4.69, 9.17) is 28.4 Å². The zero-order chi connectivity index (χ0) is 35.9. The Bertz CT molecular complexity index is 1090. The van der Waals surface area contributed by atoms with Crippen LogP contribution in [0.4, 0.5) is 0 Å². The molecule has 3 heterocycles. The van der Waals surface area contributed by atoms with E-state index in [1.54, 1.807) is 0 Å². The fourth-order valence-corrected chi connectivity index (χ4v) is 9.20. The number of rotatable bonds is 13. The smallest absolute Gasteiger partial charge is 0.220 e. The van der Waals surface area contributed by atoms with Gasteiger partial charge in [0, 0.05) is 13.0 Å². The van der Waals surface area contributed by atoms with E-state index in [9.17, 15) is 55.9 Å². The zero-order valence-corrected chi connectivity index (χ0v) is 27.7. The van der Waals surface area contributed by atoms with Crippen molar-refractivity contribution in [2.45, 2.75) is 131 Å². The van der Waals surface area contributed by atoms with Gasteiger partial charge in [-0.25, -0.2) is 0 Å². The summed E-state index contributed by atoms with van der Waals surface area (Å²) < 4.78 is 33.4. The van der Waals surface area contributed by atoms with E-state index in [-0.39, 0.29) is 19.1 Å². The zero-order valence-electron chi connectivity index (χ0n) is 27.7. The molecule has 7 fully saturated rings. The van der Waals surface area contributed by atoms with Crippen LogP contribution in [0, 0.1) is 29.6 Å². The van der Waals surface area contributed by atoms with Gasteiger partial charge in [0.25, 0.3) is 0 Å². The van der Waals surface area contributed by atoms with Gasteiger partial charge in [-0.05, 0) is 61.7 Å². The number of amides is 1. The number of ether oxygens (including phenoxy) is 6. The minimum absolute atomic E-state index is 0.0593. The number of carbonyl (C=O) groups excluding carboxylic acids is 1. The molecular formula is C32H53NO17. The molecule has 3 saturated heterocycles. The molecule has 0 radical (unpaired) electrons. The maximum Gasteiger partial charge on any atom is 0.220 e. The van der Waals surface area contributed by atoms with E-state index in [1.807, 2.05) is 0 Å². The van der Waals surface area contributed by atoms with Crippen LogP contribution in [0.1, 0.15) is 38.5 Å². The third-order valence-electron chi connectivity index (χ3n) is 11.6. The van der Waals surface area contributed by atoms with Gasteiger partial charge in [-0.15, -0.1) is 0 Å². The second-order valence-electron chi connectivity index (χ2n) is 14.8. The maximum atomic E-state index is 12.8. The number of carbonyl (C=O) groups is 1. The predicted octanol–water partition coefficient (Wildman–Crippen LogP) is -4.97. The second-order valence-corrected chi connectivity index (χ2v) is 14.8. The third-order valence-corrected chi connectivity index (χ3v) is 11.6. The lowest BCUT2D eigenvalue weighted by Gasteiger charge is -2.54. The Morgan fingerprint density at radius 1 is 0.580 bits per heavy atom. The first-order valence-electron chi connectivity index (χ1n) is 17.7. The van der Waals surface area contributed by atoms with Gasteiger partial charge in [0.15, 0.2) is 18.9 Å². The van der Waals surface area contributed by atoms with Crippen LogP contribution in [0.25, 0.3) is 0 Å². The van der Waals surface area contributed by atoms with Crippen molar-refractivity contribution in [1.82, 2.24) is 5.32 Å². The minimum Gasteiger partial charge on any atom is -0.394 e. The highest BCUT2D eigenvalue weighted by Gasteiger charge is 2.54. The average Bonchev–Trinajstić information content (AvgIpc) is 3.10. The van der Waals surface area contributed by atoms with E-state index in [0.29, 0.717) is 24.2 Å². The van der Waals surface area contributed by atoms with Crippen LogP contribution in [-0.2, 0) is 33.2 Å². The van der Waals surface area contributed by atoms with Gasteiger partial charge in [-0.2, -0.15) is 0 Å². The standard InChI is InChI=1S/C32H53NO17/c34-9-17-21(38)22(39)25(42)31(46-17)49-29-19(11-36)48-32(27(44)24(29)41)50-28-18(10-35)47-30(26(43)23(28)40)45-2-1-33-20(37)8-16-14-4-12-3-13(6-14)7-15(16)5-12/h12-19,21-32,34-36,38-44H,1-11H2,(H,33,37)/t12?,13?,14?,15?,16?,17-,18-,19-,21+,22+,23-,24-,25-,26-,27-,28-,29+,30-,31-,32+/m1/s1. The minimum atomic E-state index is -1.92. The molecule has 7 rings (SSSR count). The normalized spacial score (nSPS) is 50.4. The lowest BCUT2D eigenvalue weighted by atomic mass is 9.51. The highest BCUT2D eigenvalue weighted by molar-refractivity contribution is 5.76. The monoisotopic (exact) mass is 723 g/mol. The molecule has 4 bridgehead atoms. The molecule has 3 aliphatic heterocycles. The van der Waals surface area contributed by atoms with Crippen molar-refractivity contribution < 1.29 is 84.3 Å². The molecule has 0 aromatic heterocycles. The van der Waals surface area contributed by atoms with Crippen molar-refractivity contribution in [3.8, 4) is 0 Å². The molecule has 0 aromatic carbocycles. The van der Waals surface area contributed by atoms with Crippen LogP contribution < -0.4 is 5.32 Å². The molecule has 18 nitrogen and oxygen atoms in total. The van der Waals surface area contributed by atoms with Crippen molar-refractivity contribution in [2.75, 3.05) is 33.0 Å². The molecule has 0 aromatic rings. The first-order chi connectivity index (χ1) is 23.9. The number of aliphatic hydroxyl groups is 10. The van der Waals surface area contributed by atoms with Crippen LogP contribution in [0.3, 0.4) is 0 Å². The summed E-state index contributed by atoms with van der Waals surface area (Å²) in [5.74, 6) is 3.23. The second kappa shape index (κ2) is 16.5. The maximum absolute atomic E-state index is 12.8. The predicted molar refractivity (Wildman–Crippen MR) is 163 cm³/mol. The number of nitrogens with one attached hydrogen (secondary N) is 1. The molecule has 0 spiro atoms. The Labute approximate surface area is 288 Å². The van der Waals surface area contributed by atoms with Crippen LogP contribution in [-0.4, -0.2) is 182 Å². The molecule has 18 heteroatoms. The van der Waals surface area contributed by atoms with Crippen molar-refractivity contribution in [2.24, 2.45) is 29.6 Å². The van der Waals surface area contributed by atoms with Crippen molar-refractivity contribution in [1.29, 1.82) is 0 Å². The Balaban J connectivity index is 0.980. The summed E-state index contributed by atoms with van der Waals surface area (Å²) in [6.45, 7) is -2.22. The van der Waals surface area contributed by atoms with Crippen LogP contribution in [0.15, 0.2) is 0 Å². The van der Waals surface area contributed by atoms with E-state index in [2.05, 4.69) is 5.32 Å². The molecule has 0 unspecified atom stereocenters. The van der Waals surface area contributed by atoms with E-state index < -0.39 is 112 Å². The first-order valence-corrected chi connectivity index (χ1v) is 17.7. The largest absolute Gasteiger partial charge is 0.394 e. The quantitative estimate of drug-likeness (QED) is 0.0794. The highest BCUT2D eigenvalue weighted by atomic mass is 16.8. The summed E-state index contributed by atoms with van der Waals surface area (Å²) in [4.78, 5) is 12.8. The summed E-state index contributed by atoms with van der Waals surface area (Å²) in [6.07, 6.45) is -18.0. The van der Waals surface area contributed by atoms with Gasteiger partial charge in [-0.1, -0.05) is 0 Å². The van der Waals surface area contributed by atoms with Gasteiger partial charge < -0.3 is 84.8 Å². The topological polar surface area (TPSA) is 287 Å². The van der Waals surface area contributed by atoms with Crippen LogP contribution in [0.2, 0.25) is 0 Å².